The Kier molecular flexibility index (Phi) is 4.44. The van der Waals surface area contributed by atoms with Crippen LogP contribution in [0.5, 0.6) is 0 Å². The summed E-state index contributed by atoms with van der Waals surface area (Å²) in [5.74, 6) is -0.597. The van der Waals surface area contributed by atoms with Gasteiger partial charge in [-0.1, -0.05) is 32.0 Å². The molecule has 0 amide bonds. The van der Waals surface area contributed by atoms with Gasteiger partial charge in [-0.05, 0) is 25.0 Å². The smallest absolute Gasteiger partial charge is 0.339 e. The minimum Gasteiger partial charge on any atom is -0.454 e. The van der Waals surface area contributed by atoms with Gasteiger partial charge in [0, 0.05) is 5.92 Å². The predicted octanol–water partition coefficient (Wildman–Crippen LogP) is 2.69. The van der Waals surface area contributed by atoms with E-state index in [0.717, 1.165) is 11.1 Å². The molecule has 0 saturated carbocycles. The van der Waals surface area contributed by atoms with E-state index in [-0.39, 0.29) is 18.3 Å². The summed E-state index contributed by atoms with van der Waals surface area (Å²) >= 11 is 0. The number of hydrogen-bond acceptors (Lipinski definition) is 3. The molecular weight excluding hydrogens is 216 g/mol. The lowest BCUT2D eigenvalue weighted by atomic mass is 10.0. The van der Waals surface area contributed by atoms with Crippen LogP contribution in [0, 0.1) is 19.8 Å². The molecule has 3 nitrogen and oxygen atoms in total. The van der Waals surface area contributed by atoms with Crippen molar-refractivity contribution in [1.82, 2.24) is 0 Å². The molecular formula is C14H18O3. The molecule has 17 heavy (non-hydrogen) atoms. The lowest BCUT2D eigenvalue weighted by Gasteiger charge is -2.10. The van der Waals surface area contributed by atoms with Gasteiger partial charge in [-0.3, -0.25) is 4.79 Å². The number of carbonyl (C=O) groups excluding carboxylic acids is 2. The molecule has 0 saturated heterocycles. The van der Waals surface area contributed by atoms with Crippen LogP contribution >= 0.6 is 0 Å². The van der Waals surface area contributed by atoms with Crippen molar-refractivity contribution in [2.75, 3.05) is 6.61 Å². The lowest BCUT2D eigenvalue weighted by molar-refractivity contribution is -0.125. The summed E-state index contributed by atoms with van der Waals surface area (Å²) in [4.78, 5) is 23.2. The fourth-order valence-electron chi connectivity index (χ4n) is 1.51. The number of carbonyl (C=O) groups is 2. The van der Waals surface area contributed by atoms with E-state index in [9.17, 15) is 9.59 Å². The second-order valence-corrected chi connectivity index (χ2v) is 4.46. The molecule has 0 heterocycles. The van der Waals surface area contributed by atoms with E-state index >= 15 is 0 Å². The first-order valence-corrected chi connectivity index (χ1v) is 5.69. The Hall–Kier alpha value is -1.64. The van der Waals surface area contributed by atoms with Gasteiger partial charge in [0.1, 0.15) is 0 Å². The summed E-state index contributed by atoms with van der Waals surface area (Å²) in [6, 6.07) is 5.60. The van der Waals surface area contributed by atoms with Crippen LogP contribution in [-0.2, 0) is 9.53 Å². The zero-order chi connectivity index (χ0) is 13.0. The molecule has 0 bridgehead atoms. The number of Topliss-reactive ketones (excluding diaryl/α,β-unsaturated/α-hetero) is 1. The van der Waals surface area contributed by atoms with E-state index in [1.807, 2.05) is 32.0 Å². The van der Waals surface area contributed by atoms with Crippen LogP contribution < -0.4 is 0 Å². The topological polar surface area (TPSA) is 43.4 Å². The SMILES string of the molecule is Cc1cccc(C)c1C(=O)OCC(=O)C(C)C. The van der Waals surface area contributed by atoms with Crippen LogP contribution in [0.4, 0.5) is 0 Å². The molecule has 0 aliphatic carbocycles. The maximum Gasteiger partial charge on any atom is 0.339 e. The second kappa shape index (κ2) is 5.62. The average molecular weight is 234 g/mol. The zero-order valence-electron chi connectivity index (χ0n) is 10.7. The van der Waals surface area contributed by atoms with Crippen molar-refractivity contribution in [3.8, 4) is 0 Å². The van der Waals surface area contributed by atoms with Gasteiger partial charge in [0.2, 0.25) is 0 Å². The quantitative estimate of drug-likeness (QED) is 0.752. The molecule has 92 valence electrons. The van der Waals surface area contributed by atoms with Crippen LogP contribution in [0.1, 0.15) is 35.3 Å². The van der Waals surface area contributed by atoms with Crippen LogP contribution in [0.15, 0.2) is 18.2 Å². The minimum atomic E-state index is -0.422. The van der Waals surface area contributed by atoms with Crippen LogP contribution in [0.3, 0.4) is 0 Å². The molecule has 1 aromatic rings. The maximum atomic E-state index is 11.8. The van der Waals surface area contributed by atoms with E-state index < -0.39 is 5.97 Å². The summed E-state index contributed by atoms with van der Waals surface area (Å²) in [6.07, 6.45) is 0. The van der Waals surface area contributed by atoms with Gasteiger partial charge in [-0.25, -0.2) is 4.79 Å². The van der Waals surface area contributed by atoms with Crippen molar-refractivity contribution >= 4 is 11.8 Å². The molecule has 0 fully saturated rings. The third-order valence-corrected chi connectivity index (χ3v) is 2.67. The molecule has 1 aromatic carbocycles. The standard InChI is InChI=1S/C14H18O3/c1-9(2)12(15)8-17-14(16)13-10(3)6-5-7-11(13)4/h5-7,9H,8H2,1-4H3. The number of rotatable bonds is 4. The lowest BCUT2D eigenvalue weighted by Crippen LogP contribution is -2.19. The van der Waals surface area contributed by atoms with Gasteiger partial charge in [-0.15, -0.1) is 0 Å². The van der Waals surface area contributed by atoms with Crippen LogP contribution in [0.25, 0.3) is 0 Å². The van der Waals surface area contributed by atoms with Crippen molar-refractivity contribution < 1.29 is 14.3 Å². The van der Waals surface area contributed by atoms with Crippen molar-refractivity contribution in [3.05, 3.63) is 34.9 Å². The second-order valence-electron chi connectivity index (χ2n) is 4.46. The normalized spacial score (nSPS) is 10.4. The Labute approximate surface area is 102 Å². The molecule has 0 aliphatic heterocycles. The zero-order valence-corrected chi connectivity index (χ0v) is 10.7. The number of benzene rings is 1. The average Bonchev–Trinajstić information content (AvgIpc) is 2.25. The molecule has 0 aliphatic rings. The van der Waals surface area contributed by atoms with E-state index in [1.165, 1.54) is 0 Å². The predicted molar refractivity (Wildman–Crippen MR) is 66.0 cm³/mol. The van der Waals surface area contributed by atoms with Gasteiger partial charge in [0.05, 0.1) is 5.56 Å². The first-order valence-electron chi connectivity index (χ1n) is 5.69. The fraction of sp³-hybridized carbons (Fsp3) is 0.429. The Bertz CT molecular complexity index is 413. The molecule has 3 heteroatoms. The summed E-state index contributed by atoms with van der Waals surface area (Å²) in [7, 11) is 0. The Balaban J connectivity index is 2.74. The summed E-state index contributed by atoms with van der Waals surface area (Å²) in [5, 5.41) is 0. The molecule has 0 aromatic heterocycles. The highest BCUT2D eigenvalue weighted by Gasteiger charge is 2.15. The van der Waals surface area contributed by atoms with Gasteiger partial charge in [0.15, 0.2) is 12.4 Å². The van der Waals surface area contributed by atoms with E-state index in [0.29, 0.717) is 5.56 Å². The van der Waals surface area contributed by atoms with Crippen LogP contribution in [-0.4, -0.2) is 18.4 Å². The highest BCUT2D eigenvalue weighted by Crippen LogP contribution is 2.14. The largest absolute Gasteiger partial charge is 0.454 e. The first kappa shape index (κ1) is 13.4. The van der Waals surface area contributed by atoms with Crippen molar-refractivity contribution in [2.24, 2.45) is 5.92 Å². The number of ether oxygens (including phenoxy) is 1. The number of aryl methyl sites for hydroxylation is 2. The van der Waals surface area contributed by atoms with Crippen LogP contribution in [0.2, 0.25) is 0 Å². The third kappa shape index (κ3) is 3.41. The molecule has 0 radical (unpaired) electrons. The molecule has 0 atom stereocenters. The number of hydrogen-bond donors (Lipinski definition) is 0. The van der Waals surface area contributed by atoms with Crippen molar-refractivity contribution in [3.63, 3.8) is 0 Å². The minimum absolute atomic E-state index is 0.0652. The molecule has 0 N–H and O–H groups in total. The van der Waals surface area contributed by atoms with Gasteiger partial charge < -0.3 is 4.74 Å². The molecule has 0 unspecified atom stereocenters. The van der Waals surface area contributed by atoms with E-state index in [1.54, 1.807) is 13.8 Å². The van der Waals surface area contributed by atoms with E-state index in [4.69, 9.17) is 4.74 Å². The summed E-state index contributed by atoms with van der Waals surface area (Å²) in [6.45, 7) is 7.14. The monoisotopic (exact) mass is 234 g/mol. The van der Waals surface area contributed by atoms with E-state index in [2.05, 4.69) is 0 Å². The van der Waals surface area contributed by atoms with Gasteiger partial charge >= 0.3 is 5.97 Å². The molecule has 1 rings (SSSR count). The van der Waals surface area contributed by atoms with Gasteiger partial charge in [-0.2, -0.15) is 0 Å². The summed E-state index contributed by atoms with van der Waals surface area (Å²) in [5.41, 5.74) is 2.29. The number of esters is 1. The summed E-state index contributed by atoms with van der Waals surface area (Å²) < 4.78 is 5.02. The number of ketones is 1. The van der Waals surface area contributed by atoms with Gasteiger partial charge in [0.25, 0.3) is 0 Å². The molecule has 0 spiro atoms. The fourth-order valence-corrected chi connectivity index (χ4v) is 1.51. The third-order valence-electron chi connectivity index (χ3n) is 2.67. The Morgan fingerprint density at radius 2 is 1.71 bits per heavy atom. The van der Waals surface area contributed by atoms with Crippen molar-refractivity contribution in [1.29, 1.82) is 0 Å². The Morgan fingerprint density at radius 3 is 2.18 bits per heavy atom. The highest BCUT2D eigenvalue weighted by atomic mass is 16.5. The van der Waals surface area contributed by atoms with Crippen molar-refractivity contribution in [2.45, 2.75) is 27.7 Å². The maximum absolute atomic E-state index is 11.8. The highest BCUT2D eigenvalue weighted by molar-refractivity contribution is 5.94. The first-order chi connectivity index (χ1) is 7.93. The Morgan fingerprint density at radius 1 is 1.18 bits per heavy atom.